The number of benzene rings is 1. The van der Waals surface area contributed by atoms with Crippen LogP contribution in [0.2, 0.25) is 0 Å². The van der Waals surface area contributed by atoms with E-state index in [0.29, 0.717) is 23.0 Å². The van der Waals surface area contributed by atoms with Crippen LogP contribution in [0.5, 0.6) is 0 Å². The highest BCUT2D eigenvalue weighted by Crippen LogP contribution is 2.41. The zero-order valence-electron chi connectivity index (χ0n) is 20.2. The normalized spacial score (nSPS) is 21.9. The summed E-state index contributed by atoms with van der Waals surface area (Å²) in [5.74, 6) is 0.415. The Balaban J connectivity index is 1.71. The maximum Gasteiger partial charge on any atom is 0.350 e. The third-order valence-electron chi connectivity index (χ3n) is 7.34. The fourth-order valence-corrected chi connectivity index (χ4v) is 6.36. The summed E-state index contributed by atoms with van der Waals surface area (Å²) in [6.45, 7) is 4.73. The van der Waals surface area contributed by atoms with E-state index in [4.69, 9.17) is 4.74 Å². The maximum atomic E-state index is 14.0. The van der Waals surface area contributed by atoms with Crippen LogP contribution in [0.3, 0.4) is 0 Å². The molecule has 7 heteroatoms. The third kappa shape index (κ3) is 5.53. The van der Waals surface area contributed by atoms with Crippen molar-refractivity contribution < 1.29 is 19.4 Å². The monoisotopic (exact) mass is 484 g/mol. The number of hydrogen-bond acceptors (Lipinski definition) is 6. The molecule has 2 aromatic rings. The van der Waals surface area contributed by atoms with Crippen molar-refractivity contribution in [2.45, 2.75) is 51.5 Å². The van der Waals surface area contributed by atoms with Gasteiger partial charge in [0.05, 0.1) is 19.4 Å². The van der Waals surface area contributed by atoms with Crippen molar-refractivity contribution in [1.82, 2.24) is 4.90 Å². The predicted molar refractivity (Wildman–Crippen MR) is 136 cm³/mol. The van der Waals surface area contributed by atoms with Crippen molar-refractivity contribution in [3.05, 3.63) is 41.3 Å². The Kier molecular flexibility index (Phi) is 8.40. The van der Waals surface area contributed by atoms with E-state index in [9.17, 15) is 14.7 Å². The molecular weight excluding hydrogens is 448 g/mol. The van der Waals surface area contributed by atoms with Crippen molar-refractivity contribution in [3.63, 3.8) is 0 Å². The molecule has 0 spiro atoms. The standard InChI is InChI=1S/C27H36N2O4S/c1-19-8-10-21(11-9-19)26(31)29(22-12-14-28(15-13-22)16-17-30)23-18-24(20-6-4-3-5-7-20)34-25(23)27(32)33-2/h3-7,18-19,21-22,30H,8-17H2,1-2H3. The highest BCUT2D eigenvalue weighted by molar-refractivity contribution is 7.18. The van der Waals surface area contributed by atoms with Gasteiger partial charge in [0.2, 0.25) is 5.91 Å². The average Bonchev–Trinajstić information content (AvgIpc) is 3.31. The number of β-amino-alcohol motifs (C(OH)–C–C–N with tert-alkyl or cyclic N) is 1. The SMILES string of the molecule is COC(=O)c1sc(-c2ccccc2)cc1N(C(=O)C1CCC(C)CC1)C1CCN(CCO)CC1. The number of thiophene rings is 1. The van der Waals surface area contributed by atoms with Crippen molar-refractivity contribution in [2.24, 2.45) is 11.8 Å². The van der Waals surface area contributed by atoms with E-state index >= 15 is 0 Å². The Morgan fingerprint density at radius 3 is 2.38 bits per heavy atom. The molecule has 0 radical (unpaired) electrons. The zero-order valence-corrected chi connectivity index (χ0v) is 21.1. The number of anilines is 1. The summed E-state index contributed by atoms with van der Waals surface area (Å²) in [4.78, 5) is 32.6. The number of carbonyl (C=O) groups is 2. The van der Waals surface area contributed by atoms with E-state index in [1.165, 1.54) is 18.4 Å². The lowest BCUT2D eigenvalue weighted by Crippen LogP contribution is -2.50. The fraction of sp³-hybridized carbons (Fsp3) is 0.556. The number of amides is 1. The number of carbonyl (C=O) groups excluding carboxylic acids is 2. The number of ether oxygens (including phenoxy) is 1. The lowest BCUT2D eigenvalue weighted by molar-refractivity contribution is -0.124. The lowest BCUT2D eigenvalue weighted by atomic mass is 9.82. The second kappa shape index (κ2) is 11.5. The Morgan fingerprint density at radius 1 is 1.09 bits per heavy atom. The minimum atomic E-state index is -0.394. The number of likely N-dealkylation sites (tertiary alicyclic amines) is 1. The molecule has 1 N–H and O–H groups in total. The number of aliphatic hydroxyl groups excluding tert-OH is 1. The molecule has 1 amide bonds. The first-order valence-corrected chi connectivity index (χ1v) is 13.3. The molecule has 0 unspecified atom stereocenters. The first kappa shape index (κ1) is 24.9. The van der Waals surface area contributed by atoms with Crippen LogP contribution in [0.1, 0.15) is 55.1 Å². The molecule has 1 saturated carbocycles. The second-order valence-electron chi connectivity index (χ2n) is 9.64. The van der Waals surface area contributed by atoms with Crippen molar-refractivity contribution in [1.29, 1.82) is 0 Å². The number of esters is 1. The topological polar surface area (TPSA) is 70.1 Å². The summed E-state index contributed by atoms with van der Waals surface area (Å²) in [7, 11) is 1.40. The fourth-order valence-electron chi connectivity index (χ4n) is 5.29. The Bertz CT molecular complexity index is 960. The van der Waals surface area contributed by atoms with E-state index in [1.54, 1.807) is 0 Å². The highest BCUT2D eigenvalue weighted by Gasteiger charge is 2.37. The molecule has 1 aromatic heterocycles. The summed E-state index contributed by atoms with van der Waals surface area (Å²) in [5, 5.41) is 9.33. The maximum absolute atomic E-state index is 14.0. The molecule has 1 aromatic carbocycles. The van der Waals surface area contributed by atoms with Gasteiger partial charge in [-0.3, -0.25) is 4.79 Å². The van der Waals surface area contributed by atoms with E-state index in [2.05, 4.69) is 11.8 Å². The van der Waals surface area contributed by atoms with Crippen LogP contribution in [0.15, 0.2) is 36.4 Å². The van der Waals surface area contributed by atoms with Gasteiger partial charge in [0.1, 0.15) is 4.88 Å². The Labute approximate surface area is 206 Å². The quantitative estimate of drug-likeness (QED) is 0.571. The van der Waals surface area contributed by atoms with Gasteiger partial charge in [-0.2, -0.15) is 0 Å². The summed E-state index contributed by atoms with van der Waals surface area (Å²) in [6.07, 6.45) is 5.61. The van der Waals surface area contributed by atoms with Gasteiger partial charge in [0, 0.05) is 36.5 Å². The van der Waals surface area contributed by atoms with Gasteiger partial charge in [-0.1, -0.05) is 37.3 Å². The van der Waals surface area contributed by atoms with E-state index in [-0.39, 0.29) is 24.5 Å². The van der Waals surface area contributed by atoms with Crippen LogP contribution in [0.25, 0.3) is 10.4 Å². The molecule has 6 nitrogen and oxygen atoms in total. The molecule has 2 fully saturated rings. The summed E-state index contributed by atoms with van der Waals surface area (Å²) in [5.41, 5.74) is 1.72. The van der Waals surface area contributed by atoms with Crippen LogP contribution in [0, 0.1) is 11.8 Å². The van der Waals surface area contributed by atoms with Crippen LogP contribution in [-0.4, -0.2) is 61.3 Å². The molecular formula is C27H36N2O4S. The van der Waals surface area contributed by atoms with E-state index in [0.717, 1.165) is 62.1 Å². The van der Waals surface area contributed by atoms with Gasteiger partial charge in [0.25, 0.3) is 0 Å². The minimum Gasteiger partial charge on any atom is -0.465 e. The number of piperidine rings is 1. The van der Waals surface area contributed by atoms with Gasteiger partial charge in [-0.25, -0.2) is 4.79 Å². The molecule has 0 bridgehead atoms. The molecule has 2 aliphatic rings. The minimum absolute atomic E-state index is 0.00255. The van der Waals surface area contributed by atoms with Crippen LogP contribution in [-0.2, 0) is 9.53 Å². The number of rotatable bonds is 7. The molecule has 34 heavy (non-hydrogen) atoms. The molecule has 4 rings (SSSR count). The number of nitrogens with zero attached hydrogens (tertiary/aromatic N) is 2. The van der Waals surface area contributed by atoms with Crippen LogP contribution in [0.4, 0.5) is 5.69 Å². The zero-order chi connectivity index (χ0) is 24.1. The summed E-state index contributed by atoms with van der Waals surface area (Å²) in [6, 6.07) is 12.0. The first-order chi connectivity index (χ1) is 16.5. The van der Waals surface area contributed by atoms with Gasteiger partial charge in [0.15, 0.2) is 0 Å². The summed E-state index contributed by atoms with van der Waals surface area (Å²) < 4.78 is 5.15. The smallest absolute Gasteiger partial charge is 0.350 e. The van der Waals surface area contributed by atoms with Gasteiger partial charge in [-0.15, -0.1) is 11.3 Å². The lowest BCUT2D eigenvalue weighted by Gasteiger charge is -2.40. The molecule has 1 saturated heterocycles. The van der Waals surface area contributed by atoms with Crippen LogP contribution < -0.4 is 4.90 Å². The largest absolute Gasteiger partial charge is 0.465 e. The number of aliphatic hydroxyl groups is 1. The molecule has 1 aliphatic carbocycles. The van der Waals surface area contributed by atoms with Crippen molar-refractivity contribution in [3.8, 4) is 10.4 Å². The summed E-state index contributed by atoms with van der Waals surface area (Å²) >= 11 is 1.40. The molecule has 0 atom stereocenters. The predicted octanol–water partition coefficient (Wildman–Crippen LogP) is 4.82. The Morgan fingerprint density at radius 2 is 1.76 bits per heavy atom. The second-order valence-corrected chi connectivity index (χ2v) is 10.7. The average molecular weight is 485 g/mol. The molecule has 2 heterocycles. The van der Waals surface area contributed by atoms with Gasteiger partial charge in [-0.05, 0) is 56.1 Å². The van der Waals surface area contributed by atoms with Crippen LogP contribution >= 0.6 is 11.3 Å². The first-order valence-electron chi connectivity index (χ1n) is 12.5. The van der Waals surface area contributed by atoms with Gasteiger partial charge < -0.3 is 19.6 Å². The molecule has 184 valence electrons. The van der Waals surface area contributed by atoms with Gasteiger partial charge >= 0.3 is 5.97 Å². The van der Waals surface area contributed by atoms with Crippen molar-refractivity contribution >= 4 is 28.9 Å². The number of hydrogen-bond donors (Lipinski definition) is 1. The van der Waals surface area contributed by atoms with E-state index < -0.39 is 5.97 Å². The van der Waals surface area contributed by atoms with E-state index in [1.807, 2.05) is 41.3 Å². The molecule has 1 aliphatic heterocycles. The highest BCUT2D eigenvalue weighted by atomic mass is 32.1. The van der Waals surface area contributed by atoms with Crippen molar-refractivity contribution in [2.75, 3.05) is 38.3 Å². The third-order valence-corrected chi connectivity index (χ3v) is 8.50. The number of methoxy groups -OCH3 is 1. The Hall–Kier alpha value is -2.22.